The van der Waals surface area contributed by atoms with E-state index in [9.17, 15) is 19.4 Å². The monoisotopic (exact) mass is 293 g/mol. The predicted octanol–water partition coefficient (Wildman–Crippen LogP) is -0.977. The Labute approximate surface area is 112 Å². The number of nitrogen functional groups attached to an aromatic ring is 1. The van der Waals surface area contributed by atoms with Gasteiger partial charge in [0, 0.05) is 6.20 Å². The molecule has 4 atom stereocenters. The molecule has 106 valence electrons. The van der Waals surface area contributed by atoms with Crippen molar-refractivity contribution in [2.75, 3.05) is 19.0 Å². The lowest BCUT2D eigenvalue weighted by Gasteiger charge is -2.26. The Bertz CT molecular complexity index is 522. The molecule has 0 unspecified atom stereocenters. The van der Waals surface area contributed by atoms with Crippen LogP contribution < -0.4 is 11.4 Å². The maximum atomic E-state index is 13.0. The van der Waals surface area contributed by atoms with Crippen LogP contribution in [0.4, 0.5) is 10.2 Å². The highest BCUT2D eigenvalue weighted by atomic mass is 35.5. The Hall–Kier alpha value is -1.22. The second kappa shape index (κ2) is 5.04. The second-order valence-electron chi connectivity index (χ2n) is 4.30. The first-order valence-corrected chi connectivity index (χ1v) is 5.90. The summed E-state index contributed by atoms with van der Waals surface area (Å²) in [5, 5.41) is 17.9. The van der Waals surface area contributed by atoms with Gasteiger partial charge in [-0.2, -0.15) is 4.98 Å². The predicted molar refractivity (Wildman–Crippen MR) is 64.5 cm³/mol. The summed E-state index contributed by atoms with van der Waals surface area (Å²) in [7, 11) is 0. The van der Waals surface area contributed by atoms with Gasteiger partial charge < -0.3 is 20.7 Å². The number of hydrogen-bond donors (Lipinski definition) is 3. The zero-order chi connectivity index (χ0) is 14.2. The van der Waals surface area contributed by atoms with Gasteiger partial charge in [-0.05, 0) is 6.07 Å². The van der Waals surface area contributed by atoms with Crippen LogP contribution in [0, 0.1) is 0 Å². The normalized spacial score (nSPS) is 34.6. The summed E-state index contributed by atoms with van der Waals surface area (Å²) in [6, 6.07) is 1.34. The summed E-state index contributed by atoms with van der Waals surface area (Å²) in [4.78, 5) is 15.1. The lowest BCUT2D eigenvalue weighted by Crippen LogP contribution is -2.47. The van der Waals surface area contributed by atoms with Crippen LogP contribution in [0.25, 0.3) is 0 Å². The molecule has 0 aromatic carbocycles. The zero-order valence-electron chi connectivity index (χ0n) is 9.74. The van der Waals surface area contributed by atoms with Crippen LogP contribution in [0.1, 0.15) is 6.23 Å². The van der Waals surface area contributed by atoms with E-state index in [1.165, 1.54) is 12.3 Å². The lowest BCUT2D eigenvalue weighted by molar-refractivity contribution is -0.137. The molecule has 19 heavy (non-hydrogen) atoms. The molecular weight excluding hydrogens is 281 g/mol. The quantitative estimate of drug-likeness (QED) is 0.618. The third-order valence-electron chi connectivity index (χ3n) is 3.09. The standard InChI is InChI=1S/C10H13ClFN3O4/c11-6-7(17)10(3-12,4-16)19-8(6)15-2-1-5(13)14-9(15)18/h1-2,6-8,16-17H,3-4H2,(H2,13,14,18)/t6-,7-,8+,10+/m0/s1. The van der Waals surface area contributed by atoms with Crippen LogP contribution in [0.3, 0.4) is 0 Å². The molecule has 0 bridgehead atoms. The fourth-order valence-electron chi connectivity index (χ4n) is 1.93. The maximum absolute atomic E-state index is 13.0. The molecule has 4 N–H and O–H groups in total. The molecule has 1 fully saturated rings. The van der Waals surface area contributed by atoms with Gasteiger partial charge in [-0.1, -0.05) is 0 Å². The molecule has 0 saturated carbocycles. The summed E-state index contributed by atoms with van der Waals surface area (Å²) in [5.74, 6) is 0.0184. The van der Waals surface area contributed by atoms with Gasteiger partial charge in [-0.25, -0.2) is 9.18 Å². The Morgan fingerprint density at radius 1 is 1.68 bits per heavy atom. The van der Waals surface area contributed by atoms with E-state index in [1.807, 2.05) is 0 Å². The summed E-state index contributed by atoms with van der Waals surface area (Å²) < 4.78 is 19.2. The minimum atomic E-state index is -1.84. The number of ether oxygens (including phenoxy) is 1. The molecule has 1 aliphatic rings. The summed E-state index contributed by atoms with van der Waals surface area (Å²) in [6.07, 6.45) is -1.32. The zero-order valence-corrected chi connectivity index (χ0v) is 10.5. The van der Waals surface area contributed by atoms with E-state index < -0.39 is 42.3 Å². The smallest absolute Gasteiger partial charge is 0.351 e. The maximum Gasteiger partial charge on any atom is 0.351 e. The summed E-state index contributed by atoms with van der Waals surface area (Å²) in [5.41, 5.74) is 2.77. The number of alkyl halides is 2. The van der Waals surface area contributed by atoms with Gasteiger partial charge in [-0.15, -0.1) is 11.6 Å². The Morgan fingerprint density at radius 3 is 2.84 bits per heavy atom. The molecule has 1 aromatic rings. The Morgan fingerprint density at radius 2 is 2.37 bits per heavy atom. The molecule has 1 saturated heterocycles. The highest BCUT2D eigenvalue weighted by molar-refractivity contribution is 6.21. The molecule has 9 heteroatoms. The van der Waals surface area contributed by atoms with Gasteiger partial charge in [0.25, 0.3) is 0 Å². The number of anilines is 1. The van der Waals surface area contributed by atoms with Crippen molar-refractivity contribution in [3.63, 3.8) is 0 Å². The van der Waals surface area contributed by atoms with Crippen LogP contribution in [0.5, 0.6) is 0 Å². The van der Waals surface area contributed by atoms with E-state index in [4.69, 9.17) is 22.1 Å². The largest absolute Gasteiger partial charge is 0.393 e. The molecule has 2 heterocycles. The van der Waals surface area contributed by atoms with Gasteiger partial charge in [0.1, 0.15) is 29.6 Å². The fraction of sp³-hybridized carbons (Fsp3) is 0.600. The summed E-state index contributed by atoms with van der Waals surface area (Å²) >= 11 is 5.95. The van der Waals surface area contributed by atoms with Crippen molar-refractivity contribution in [3.05, 3.63) is 22.7 Å². The van der Waals surface area contributed by atoms with Crippen LogP contribution in [-0.4, -0.2) is 50.1 Å². The molecule has 0 amide bonds. The van der Waals surface area contributed by atoms with Crippen molar-refractivity contribution < 1.29 is 19.3 Å². The van der Waals surface area contributed by atoms with Crippen LogP contribution >= 0.6 is 11.6 Å². The topological polar surface area (TPSA) is 111 Å². The van der Waals surface area contributed by atoms with E-state index in [2.05, 4.69) is 4.98 Å². The molecular formula is C10H13ClFN3O4. The van der Waals surface area contributed by atoms with E-state index >= 15 is 0 Å². The number of aliphatic hydroxyl groups excluding tert-OH is 2. The van der Waals surface area contributed by atoms with Gasteiger partial charge in [0.2, 0.25) is 0 Å². The minimum absolute atomic E-state index is 0.0184. The number of rotatable bonds is 3. The molecule has 0 radical (unpaired) electrons. The van der Waals surface area contributed by atoms with Gasteiger partial charge >= 0.3 is 5.69 Å². The van der Waals surface area contributed by atoms with Crippen molar-refractivity contribution in [2.24, 2.45) is 0 Å². The van der Waals surface area contributed by atoms with Crippen molar-refractivity contribution in [3.8, 4) is 0 Å². The molecule has 0 aliphatic carbocycles. The third-order valence-corrected chi connectivity index (χ3v) is 3.54. The van der Waals surface area contributed by atoms with Gasteiger partial charge in [0.15, 0.2) is 6.23 Å². The molecule has 2 rings (SSSR count). The van der Waals surface area contributed by atoms with E-state index in [1.54, 1.807) is 0 Å². The molecule has 1 aliphatic heterocycles. The second-order valence-corrected chi connectivity index (χ2v) is 4.80. The first kappa shape index (κ1) is 14.2. The van der Waals surface area contributed by atoms with Crippen LogP contribution in [0.2, 0.25) is 0 Å². The number of nitrogens with two attached hydrogens (primary N) is 1. The summed E-state index contributed by atoms with van der Waals surface area (Å²) in [6.45, 7) is -1.90. The van der Waals surface area contributed by atoms with Crippen molar-refractivity contribution in [1.82, 2.24) is 9.55 Å². The SMILES string of the molecule is Nc1ccn([C@@H]2O[C@@](CO)(CF)[C@@H](O)[C@@H]2Cl)c(=O)n1. The van der Waals surface area contributed by atoms with E-state index in [0.29, 0.717) is 0 Å². The first-order valence-electron chi connectivity index (χ1n) is 5.46. The average Bonchev–Trinajstić information content (AvgIpc) is 2.64. The van der Waals surface area contributed by atoms with Gasteiger partial charge in [-0.3, -0.25) is 4.57 Å². The third kappa shape index (κ3) is 2.20. The number of aromatic nitrogens is 2. The molecule has 0 spiro atoms. The van der Waals surface area contributed by atoms with E-state index in [0.717, 1.165) is 4.57 Å². The van der Waals surface area contributed by atoms with Gasteiger partial charge in [0.05, 0.1) is 6.61 Å². The Balaban J connectivity index is 2.39. The van der Waals surface area contributed by atoms with Crippen molar-refractivity contribution in [1.29, 1.82) is 0 Å². The van der Waals surface area contributed by atoms with Crippen molar-refractivity contribution in [2.45, 2.75) is 23.3 Å². The van der Waals surface area contributed by atoms with E-state index in [-0.39, 0.29) is 5.82 Å². The fourth-order valence-corrected chi connectivity index (χ4v) is 2.34. The first-order chi connectivity index (χ1) is 8.95. The Kier molecular flexibility index (Phi) is 3.77. The van der Waals surface area contributed by atoms with Crippen molar-refractivity contribution >= 4 is 17.4 Å². The highest BCUT2D eigenvalue weighted by Gasteiger charge is 2.55. The average molecular weight is 294 g/mol. The minimum Gasteiger partial charge on any atom is -0.393 e. The molecule has 7 nitrogen and oxygen atoms in total. The molecule has 1 aromatic heterocycles. The highest BCUT2D eigenvalue weighted by Crippen LogP contribution is 2.39. The van der Waals surface area contributed by atoms with Crippen LogP contribution in [-0.2, 0) is 4.74 Å². The number of nitrogens with zero attached hydrogens (tertiary/aromatic N) is 2. The number of aliphatic hydroxyl groups is 2. The lowest BCUT2D eigenvalue weighted by atomic mass is 9.99. The van der Waals surface area contributed by atoms with Crippen LogP contribution in [0.15, 0.2) is 17.1 Å². The number of hydrogen-bond acceptors (Lipinski definition) is 6. The number of halogens is 2.